The first kappa shape index (κ1) is 12.6. The Bertz CT molecular complexity index is 559. The number of carbonyl (C=O) groups is 1. The summed E-state index contributed by atoms with van der Waals surface area (Å²) >= 11 is 1.47. The van der Waals surface area contributed by atoms with Crippen molar-refractivity contribution in [1.29, 1.82) is 0 Å². The van der Waals surface area contributed by atoms with Gasteiger partial charge in [0.25, 0.3) is 5.91 Å². The van der Waals surface area contributed by atoms with Gasteiger partial charge in [-0.15, -0.1) is 11.3 Å². The maximum absolute atomic E-state index is 12.1. The molecule has 2 aromatic rings. The van der Waals surface area contributed by atoms with Crippen LogP contribution in [0, 0.1) is 13.8 Å². The average Bonchev–Trinajstić information content (AvgIpc) is 2.68. The SMILES string of the molecule is COc1ccccc1C(=O)Nc1nc(C)c(C)s1. The number of methoxy groups -OCH3 is 1. The Morgan fingerprint density at radius 2 is 2.06 bits per heavy atom. The molecule has 0 saturated carbocycles. The highest BCUT2D eigenvalue weighted by molar-refractivity contribution is 7.15. The summed E-state index contributed by atoms with van der Waals surface area (Å²) in [5, 5.41) is 3.40. The highest BCUT2D eigenvalue weighted by Crippen LogP contribution is 2.23. The number of anilines is 1. The first-order valence-corrected chi connectivity index (χ1v) is 6.32. The van der Waals surface area contributed by atoms with Crippen molar-refractivity contribution in [2.45, 2.75) is 13.8 Å². The Balaban J connectivity index is 2.22. The molecule has 1 N–H and O–H groups in total. The molecule has 0 fully saturated rings. The van der Waals surface area contributed by atoms with E-state index in [1.165, 1.54) is 11.3 Å². The van der Waals surface area contributed by atoms with E-state index in [0.717, 1.165) is 10.6 Å². The number of carbonyl (C=O) groups excluding carboxylic acids is 1. The second-order valence-corrected chi connectivity index (χ2v) is 5.02. The Labute approximate surface area is 110 Å². The summed E-state index contributed by atoms with van der Waals surface area (Å²) in [6, 6.07) is 7.11. The second kappa shape index (κ2) is 5.18. The highest BCUT2D eigenvalue weighted by atomic mass is 32.1. The summed E-state index contributed by atoms with van der Waals surface area (Å²) in [7, 11) is 1.55. The van der Waals surface area contributed by atoms with E-state index in [9.17, 15) is 4.79 Å². The zero-order valence-electron chi connectivity index (χ0n) is 10.5. The lowest BCUT2D eigenvalue weighted by Crippen LogP contribution is -2.12. The number of amides is 1. The van der Waals surface area contributed by atoms with E-state index in [-0.39, 0.29) is 5.91 Å². The molecule has 94 valence electrons. The molecule has 1 aromatic carbocycles. The van der Waals surface area contributed by atoms with Crippen LogP contribution in [-0.4, -0.2) is 18.0 Å². The molecule has 2 rings (SSSR count). The summed E-state index contributed by atoms with van der Waals surface area (Å²) in [5.74, 6) is 0.348. The van der Waals surface area contributed by atoms with E-state index in [1.54, 1.807) is 25.3 Å². The number of benzene rings is 1. The van der Waals surface area contributed by atoms with E-state index in [0.29, 0.717) is 16.4 Å². The predicted octanol–water partition coefficient (Wildman–Crippen LogP) is 3.02. The van der Waals surface area contributed by atoms with Gasteiger partial charge < -0.3 is 4.74 Å². The van der Waals surface area contributed by atoms with Crippen LogP contribution in [0.3, 0.4) is 0 Å². The molecule has 0 saturated heterocycles. The van der Waals surface area contributed by atoms with Crippen LogP contribution < -0.4 is 10.1 Å². The molecule has 1 amide bonds. The number of ether oxygens (including phenoxy) is 1. The molecular formula is C13H14N2O2S. The van der Waals surface area contributed by atoms with Gasteiger partial charge in [-0.1, -0.05) is 12.1 Å². The molecule has 0 bridgehead atoms. The Morgan fingerprint density at radius 1 is 1.33 bits per heavy atom. The van der Waals surface area contributed by atoms with Crippen molar-refractivity contribution in [3.63, 3.8) is 0 Å². The molecule has 0 spiro atoms. The molecule has 0 aliphatic carbocycles. The normalized spacial score (nSPS) is 10.2. The summed E-state index contributed by atoms with van der Waals surface area (Å²) < 4.78 is 5.16. The lowest BCUT2D eigenvalue weighted by molar-refractivity contribution is 0.102. The molecule has 1 heterocycles. The van der Waals surface area contributed by atoms with Crippen molar-refractivity contribution in [2.75, 3.05) is 12.4 Å². The third kappa shape index (κ3) is 2.51. The van der Waals surface area contributed by atoms with Crippen LogP contribution in [0.5, 0.6) is 5.75 Å². The largest absolute Gasteiger partial charge is 0.496 e. The summed E-state index contributed by atoms with van der Waals surface area (Å²) in [5.41, 5.74) is 1.45. The molecule has 0 aliphatic heterocycles. The van der Waals surface area contributed by atoms with Crippen LogP contribution >= 0.6 is 11.3 Å². The van der Waals surface area contributed by atoms with Crippen LogP contribution in [0.1, 0.15) is 20.9 Å². The standard InChI is InChI=1S/C13H14N2O2S/c1-8-9(2)18-13(14-8)15-12(16)10-6-4-5-7-11(10)17-3/h4-7H,1-3H3,(H,14,15,16). The number of aromatic nitrogens is 1. The molecule has 5 heteroatoms. The zero-order chi connectivity index (χ0) is 13.1. The zero-order valence-corrected chi connectivity index (χ0v) is 11.3. The van der Waals surface area contributed by atoms with Crippen molar-refractivity contribution in [3.8, 4) is 5.75 Å². The van der Waals surface area contributed by atoms with Gasteiger partial charge >= 0.3 is 0 Å². The summed E-state index contributed by atoms with van der Waals surface area (Å²) in [6.45, 7) is 3.90. The minimum atomic E-state index is -0.207. The maximum Gasteiger partial charge on any atom is 0.261 e. The molecule has 0 aliphatic rings. The van der Waals surface area contributed by atoms with E-state index in [4.69, 9.17) is 4.74 Å². The molecule has 4 nitrogen and oxygen atoms in total. The van der Waals surface area contributed by atoms with Crippen molar-refractivity contribution in [1.82, 2.24) is 4.98 Å². The smallest absolute Gasteiger partial charge is 0.261 e. The number of rotatable bonds is 3. The number of nitrogens with one attached hydrogen (secondary N) is 1. The van der Waals surface area contributed by atoms with Crippen molar-refractivity contribution in [3.05, 3.63) is 40.4 Å². The van der Waals surface area contributed by atoms with Crippen molar-refractivity contribution in [2.24, 2.45) is 0 Å². The van der Waals surface area contributed by atoms with Gasteiger partial charge in [0.05, 0.1) is 18.4 Å². The molecular weight excluding hydrogens is 248 g/mol. The third-order valence-electron chi connectivity index (χ3n) is 2.60. The van der Waals surface area contributed by atoms with Gasteiger partial charge in [-0.05, 0) is 26.0 Å². The van der Waals surface area contributed by atoms with Gasteiger partial charge in [0.2, 0.25) is 0 Å². The van der Waals surface area contributed by atoms with Crippen LogP contribution in [-0.2, 0) is 0 Å². The highest BCUT2D eigenvalue weighted by Gasteiger charge is 2.13. The Kier molecular flexibility index (Phi) is 3.62. The first-order valence-electron chi connectivity index (χ1n) is 5.50. The fraction of sp³-hybridized carbons (Fsp3) is 0.231. The van der Waals surface area contributed by atoms with Gasteiger partial charge in [-0.25, -0.2) is 4.98 Å². The van der Waals surface area contributed by atoms with E-state index in [1.807, 2.05) is 19.9 Å². The van der Waals surface area contributed by atoms with Crippen LogP contribution in [0.15, 0.2) is 24.3 Å². The van der Waals surface area contributed by atoms with Gasteiger partial charge in [-0.3, -0.25) is 10.1 Å². The monoisotopic (exact) mass is 262 g/mol. The number of aryl methyl sites for hydroxylation is 2. The summed E-state index contributed by atoms with van der Waals surface area (Å²) in [6.07, 6.45) is 0. The van der Waals surface area contributed by atoms with E-state index in [2.05, 4.69) is 10.3 Å². The lowest BCUT2D eigenvalue weighted by Gasteiger charge is -2.06. The predicted molar refractivity (Wildman–Crippen MR) is 72.5 cm³/mol. The number of para-hydroxylation sites is 1. The molecule has 1 aromatic heterocycles. The average molecular weight is 262 g/mol. The van der Waals surface area contributed by atoms with E-state index < -0.39 is 0 Å². The molecule has 18 heavy (non-hydrogen) atoms. The van der Waals surface area contributed by atoms with Crippen LogP contribution in [0.4, 0.5) is 5.13 Å². The number of thiazole rings is 1. The topological polar surface area (TPSA) is 51.2 Å². The van der Waals surface area contributed by atoms with Gasteiger partial charge in [0.1, 0.15) is 5.75 Å². The third-order valence-corrected chi connectivity index (χ3v) is 3.59. The van der Waals surface area contributed by atoms with Gasteiger partial charge in [-0.2, -0.15) is 0 Å². The van der Waals surface area contributed by atoms with E-state index >= 15 is 0 Å². The van der Waals surface area contributed by atoms with Gasteiger partial charge in [0.15, 0.2) is 5.13 Å². The fourth-order valence-corrected chi connectivity index (χ4v) is 2.33. The molecule has 0 radical (unpaired) electrons. The number of hydrogen-bond acceptors (Lipinski definition) is 4. The Hall–Kier alpha value is -1.88. The van der Waals surface area contributed by atoms with Crippen LogP contribution in [0.25, 0.3) is 0 Å². The van der Waals surface area contributed by atoms with Crippen molar-refractivity contribution < 1.29 is 9.53 Å². The minimum Gasteiger partial charge on any atom is -0.496 e. The first-order chi connectivity index (χ1) is 8.61. The van der Waals surface area contributed by atoms with Gasteiger partial charge in [0, 0.05) is 4.88 Å². The lowest BCUT2D eigenvalue weighted by atomic mass is 10.2. The number of nitrogens with zero attached hydrogens (tertiary/aromatic N) is 1. The molecule has 0 unspecified atom stereocenters. The van der Waals surface area contributed by atoms with Crippen LogP contribution in [0.2, 0.25) is 0 Å². The Morgan fingerprint density at radius 3 is 2.67 bits per heavy atom. The fourth-order valence-electron chi connectivity index (χ4n) is 1.52. The number of hydrogen-bond donors (Lipinski definition) is 1. The quantitative estimate of drug-likeness (QED) is 0.925. The minimum absolute atomic E-state index is 0.207. The molecule has 0 atom stereocenters. The van der Waals surface area contributed by atoms with Crippen molar-refractivity contribution >= 4 is 22.4 Å². The summed E-state index contributed by atoms with van der Waals surface area (Å²) in [4.78, 5) is 17.5. The second-order valence-electron chi connectivity index (χ2n) is 3.82. The maximum atomic E-state index is 12.1.